The number of nitrogens with zero attached hydrogens (tertiary/aromatic N) is 1. The van der Waals surface area contributed by atoms with Gasteiger partial charge in [0.2, 0.25) is 5.91 Å². The van der Waals surface area contributed by atoms with E-state index < -0.39 is 0 Å². The minimum Gasteiger partial charge on any atom is -0.273 e. The summed E-state index contributed by atoms with van der Waals surface area (Å²) in [5.41, 5.74) is 6.12. The Balaban J connectivity index is 1.49. The third-order valence-electron chi connectivity index (χ3n) is 5.58. The molecule has 1 saturated carbocycles. The fraction of sp³-hybridized carbons (Fsp3) is 0.600. The van der Waals surface area contributed by atoms with E-state index in [-0.39, 0.29) is 5.91 Å². The first-order valence-corrected chi connectivity index (χ1v) is 9.19. The highest BCUT2D eigenvalue weighted by Gasteiger charge is 2.19. The number of carbonyl (C=O) groups excluding carboxylic acids is 1. The first kappa shape index (κ1) is 16.2. The molecule has 1 heterocycles. The van der Waals surface area contributed by atoms with Gasteiger partial charge in [0.1, 0.15) is 0 Å². The van der Waals surface area contributed by atoms with Crippen molar-refractivity contribution in [1.82, 2.24) is 5.43 Å². The van der Waals surface area contributed by atoms with Crippen LogP contribution in [0, 0.1) is 11.8 Å². The Morgan fingerprint density at radius 2 is 1.74 bits per heavy atom. The molecule has 1 aliphatic heterocycles. The van der Waals surface area contributed by atoms with Gasteiger partial charge in [-0.3, -0.25) is 4.79 Å². The molecule has 1 amide bonds. The van der Waals surface area contributed by atoms with Crippen LogP contribution in [-0.4, -0.2) is 11.6 Å². The number of aryl methyl sites for hydroxylation is 1. The zero-order valence-corrected chi connectivity index (χ0v) is 14.2. The van der Waals surface area contributed by atoms with Crippen LogP contribution in [0.3, 0.4) is 0 Å². The standard InChI is InChI=1S/C20H28N2O/c1-2-15-3-5-16(6-4-15)7-8-17-9-11-18(12-10-17)19-13-14-20(23)22-21-19/h9-12,15-16H,2-8,13-14H2,1H3,(H,22,23). The van der Waals surface area contributed by atoms with Crippen molar-refractivity contribution < 1.29 is 4.79 Å². The van der Waals surface area contributed by atoms with Crippen LogP contribution < -0.4 is 5.43 Å². The van der Waals surface area contributed by atoms with Crippen molar-refractivity contribution in [2.45, 2.75) is 64.7 Å². The highest BCUT2D eigenvalue weighted by atomic mass is 16.2. The van der Waals surface area contributed by atoms with Gasteiger partial charge >= 0.3 is 0 Å². The quantitative estimate of drug-likeness (QED) is 0.857. The Kier molecular flexibility index (Phi) is 5.47. The molecule has 2 aliphatic rings. The molecule has 0 bridgehead atoms. The summed E-state index contributed by atoms with van der Waals surface area (Å²) in [6.45, 7) is 2.33. The molecule has 0 saturated heterocycles. The number of rotatable bonds is 5. The minimum absolute atomic E-state index is 0.0168. The SMILES string of the molecule is CCC1CCC(CCc2ccc(C3=NNC(=O)CC3)cc2)CC1. The van der Waals surface area contributed by atoms with Crippen LogP contribution in [0.5, 0.6) is 0 Å². The van der Waals surface area contributed by atoms with Crippen LogP contribution in [0.1, 0.15) is 69.4 Å². The smallest absolute Gasteiger partial charge is 0.240 e. The summed E-state index contributed by atoms with van der Waals surface area (Å²) >= 11 is 0. The molecule has 1 N–H and O–H groups in total. The average Bonchev–Trinajstić information content (AvgIpc) is 2.61. The largest absolute Gasteiger partial charge is 0.273 e. The zero-order valence-electron chi connectivity index (χ0n) is 14.2. The van der Waals surface area contributed by atoms with Crippen LogP contribution in [-0.2, 0) is 11.2 Å². The predicted molar refractivity (Wildman–Crippen MR) is 94.4 cm³/mol. The second-order valence-electron chi connectivity index (χ2n) is 7.12. The van der Waals surface area contributed by atoms with E-state index >= 15 is 0 Å². The number of hydrogen-bond acceptors (Lipinski definition) is 2. The summed E-state index contributed by atoms with van der Waals surface area (Å²) < 4.78 is 0. The van der Waals surface area contributed by atoms with E-state index in [1.807, 2.05) is 0 Å². The van der Waals surface area contributed by atoms with Gasteiger partial charge < -0.3 is 0 Å². The Labute approximate surface area is 139 Å². The average molecular weight is 312 g/mol. The Bertz CT molecular complexity index is 554. The second-order valence-corrected chi connectivity index (χ2v) is 7.12. The molecule has 3 rings (SSSR count). The molecule has 1 aromatic rings. The summed E-state index contributed by atoms with van der Waals surface area (Å²) in [4.78, 5) is 11.2. The van der Waals surface area contributed by atoms with Gasteiger partial charge in [0, 0.05) is 12.8 Å². The highest BCUT2D eigenvalue weighted by molar-refractivity contribution is 6.04. The molecule has 0 spiro atoms. The molecule has 1 aliphatic carbocycles. The number of hydrogen-bond donors (Lipinski definition) is 1. The first-order valence-electron chi connectivity index (χ1n) is 9.19. The molecular formula is C20H28N2O. The fourth-order valence-corrected chi connectivity index (χ4v) is 3.85. The lowest BCUT2D eigenvalue weighted by molar-refractivity contribution is -0.121. The van der Waals surface area contributed by atoms with E-state index in [4.69, 9.17) is 0 Å². The monoisotopic (exact) mass is 312 g/mol. The number of hydrazone groups is 1. The number of carbonyl (C=O) groups is 1. The first-order chi connectivity index (χ1) is 11.2. The van der Waals surface area contributed by atoms with Crippen LogP contribution in [0.4, 0.5) is 0 Å². The normalized spacial score (nSPS) is 24.9. The third kappa shape index (κ3) is 4.43. The number of nitrogens with one attached hydrogen (secondary N) is 1. The zero-order chi connectivity index (χ0) is 16.1. The number of amides is 1. The molecule has 1 aromatic carbocycles. The van der Waals surface area contributed by atoms with E-state index in [0.29, 0.717) is 6.42 Å². The molecule has 0 aromatic heterocycles. The second kappa shape index (κ2) is 7.76. The Morgan fingerprint density at radius 3 is 2.35 bits per heavy atom. The molecule has 3 nitrogen and oxygen atoms in total. The van der Waals surface area contributed by atoms with Crippen LogP contribution in [0.2, 0.25) is 0 Å². The van der Waals surface area contributed by atoms with Gasteiger partial charge in [-0.05, 0) is 35.8 Å². The van der Waals surface area contributed by atoms with Gasteiger partial charge in [0.25, 0.3) is 0 Å². The molecule has 0 atom stereocenters. The van der Waals surface area contributed by atoms with Crippen molar-refractivity contribution in [3.8, 4) is 0 Å². The van der Waals surface area contributed by atoms with Gasteiger partial charge in [-0.15, -0.1) is 0 Å². The molecule has 0 radical (unpaired) electrons. The Morgan fingerprint density at radius 1 is 1.04 bits per heavy atom. The van der Waals surface area contributed by atoms with Crippen molar-refractivity contribution in [1.29, 1.82) is 0 Å². The van der Waals surface area contributed by atoms with Gasteiger partial charge in [-0.25, -0.2) is 5.43 Å². The van der Waals surface area contributed by atoms with Gasteiger partial charge in [-0.2, -0.15) is 5.10 Å². The van der Waals surface area contributed by atoms with Crippen molar-refractivity contribution >= 4 is 11.6 Å². The third-order valence-corrected chi connectivity index (χ3v) is 5.58. The van der Waals surface area contributed by atoms with Gasteiger partial charge in [0.15, 0.2) is 0 Å². The maximum atomic E-state index is 11.2. The summed E-state index contributed by atoms with van der Waals surface area (Å²) in [7, 11) is 0. The van der Waals surface area contributed by atoms with E-state index in [1.54, 1.807) is 0 Å². The molecule has 1 fully saturated rings. The van der Waals surface area contributed by atoms with Crippen molar-refractivity contribution in [2.24, 2.45) is 16.9 Å². The van der Waals surface area contributed by atoms with Crippen molar-refractivity contribution in [2.75, 3.05) is 0 Å². The minimum atomic E-state index is 0.0168. The maximum Gasteiger partial charge on any atom is 0.240 e. The molecule has 3 heteroatoms. The summed E-state index contributed by atoms with van der Waals surface area (Å²) in [6.07, 6.45) is 10.9. The van der Waals surface area contributed by atoms with Crippen LogP contribution in [0.15, 0.2) is 29.4 Å². The van der Waals surface area contributed by atoms with Gasteiger partial charge in [-0.1, -0.05) is 63.3 Å². The lowest BCUT2D eigenvalue weighted by atomic mass is 9.78. The van der Waals surface area contributed by atoms with E-state index in [2.05, 4.69) is 41.7 Å². The lowest BCUT2D eigenvalue weighted by Gasteiger charge is -2.27. The Hall–Kier alpha value is -1.64. The molecular weight excluding hydrogens is 284 g/mol. The van der Waals surface area contributed by atoms with Crippen molar-refractivity contribution in [3.05, 3.63) is 35.4 Å². The van der Waals surface area contributed by atoms with E-state index in [9.17, 15) is 4.79 Å². The molecule has 23 heavy (non-hydrogen) atoms. The van der Waals surface area contributed by atoms with Crippen molar-refractivity contribution in [3.63, 3.8) is 0 Å². The molecule has 124 valence electrons. The summed E-state index contributed by atoms with van der Waals surface area (Å²) in [6, 6.07) is 8.76. The van der Waals surface area contributed by atoms with Crippen LogP contribution in [0.25, 0.3) is 0 Å². The van der Waals surface area contributed by atoms with E-state index in [1.165, 1.54) is 50.5 Å². The summed E-state index contributed by atoms with van der Waals surface area (Å²) in [5, 5.41) is 4.16. The lowest BCUT2D eigenvalue weighted by Crippen LogP contribution is -2.25. The molecule has 0 unspecified atom stereocenters. The maximum absolute atomic E-state index is 11.2. The number of benzene rings is 1. The fourth-order valence-electron chi connectivity index (χ4n) is 3.85. The van der Waals surface area contributed by atoms with Gasteiger partial charge in [0.05, 0.1) is 5.71 Å². The summed E-state index contributed by atoms with van der Waals surface area (Å²) in [5.74, 6) is 1.93. The topological polar surface area (TPSA) is 41.5 Å². The van der Waals surface area contributed by atoms with Crippen LogP contribution >= 0.6 is 0 Å². The predicted octanol–water partition coefficient (Wildman–Crippen LogP) is 4.45. The van der Waals surface area contributed by atoms with E-state index in [0.717, 1.165) is 29.5 Å². The highest BCUT2D eigenvalue weighted by Crippen LogP contribution is 2.33.